The van der Waals surface area contributed by atoms with Crippen molar-refractivity contribution in [2.75, 3.05) is 6.54 Å². The lowest BCUT2D eigenvalue weighted by molar-refractivity contribution is -0.176. The number of rotatable bonds is 3. The molecule has 0 radical (unpaired) electrons. The van der Waals surface area contributed by atoms with Crippen LogP contribution in [0.15, 0.2) is 0 Å². The van der Waals surface area contributed by atoms with Gasteiger partial charge < -0.3 is 21.2 Å². The predicted molar refractivity (Wildman–Crippen MR) is 30.4 cm³/mol. The highest BCUT2D eigenvalue weighted by molar-refractivity contribution is 4.49. The molecule has 9 heavy (non-hydrogen) atoms. The topological polar surface area (TPSA) is 90.0 Å². The van der Waals surface area contributed by atoms with Crippen LogP contribution >= 0.6 is 0 Å². The molecule has 0 aliphatic heterocycles. The lowest BCUT2D eigenvalue weighted by Gasteiger charge is -2.18. The maximum atomic E-state index is 8.69. The zero-order valence-corrected chi connectivity index (χ0v) is 5.23. The van der Waals surface area contributed by atoms with Gasteiger partial charge in [-0.05, 0) is 6.92 Å². The van der Waals surface area contributed by atoms with E-state index in [-0.39, 0.29) is 6.54 Å². The first-order chi connectivity index (χ1) is 4.04. The molecular formula is C4H12N2O3. The fraction of sp³-hybridized carbons (Fsp3) is 1.00. The van der Waals surface area contributed by atoms with Crippen LogP contribution in [0, 0.1) is 0 Å². The molecule has 0 spiro atoms. The zero-order chi connectivity index (χ0) is 7.44. The van der Waals surface area contributed by atoms with Crippen molar-refractivity contribution < 1.29 is 15.4 Å². The van der Waals surface area contributed by atoms with Gasteiger partial charge in [0.25, 0.3) is 0 Å². The Balaban J connectivity index is 3.38. The summed E-state index contributed by atoms with van der Waals surface area (Å²) in [7, 11) is 0. The number of aliphatic hydroxyl groups excluding tert-OH is 1. The lowest BCUT2D eigenvalue weighted by Crippen LogP contribution is -2.41. The second-order valence-electron chi connectivity index (χ2n) is 1.84. The van der Waals surface area contributed by atoms with Crippen molar-refractivity contribution in [1.82, 2.24) is 5.06 Å². The van der Waals surface area contributed by atoms with Gasteiger partial charge in [0.2, 0.25) is 0 Å². The number of nitrogens with two attached hydrogens (primary N) is 1. The van der Waals surface area contributed by atoms with Gasteiger partial charge in [-0.1, -0.05) is 0 Å². The van der Waals surface area contributed by atoms with Crippen LogP contribution in [0.5, 0.6) is 0 Å². The first-order valence-corrected chi connectivity index (χ1v) is 2.61. The predicted octanol–water partition coefficient (Wildman–Crippen LogP) is -1.71. The molecule has 0 saturated heterocycles. The zero-order valence-electron chi connectivity index (χ0n) is 5.23. The van der Waals surface area contributed by atoms with E-state index in [1.54, 1.807) is 0 Å². The molecule has 1 unspecified atom stereocenters. The van der Waals surface area contributed by atoms with E-state index in [9.17, 15) is 0 Å². The standard InChI is InChI=1S/C4H12N2O3/c1-3(5)6(9)2-4(7)8/h3-4,7-9H,2,5H2,1H3. The highest BCUT2D eigenvalue weighted by atomic mass is 16.5. The van der Waals surface area contributed by atoms with Gasteiger partial charge in [0, 0.05) is 0 Å². The molecule has 1 atom stereocenters. The molecule has 5 N–H and O–H groups in total. The Morgan fingerprint density at radius 2 is 2.00 bits per heavy atom. The van der Waals surface area contributed by atoms with E-state index in [0.29, 0.717) is 5.06 Å². The molecule has 0 heterocycles. The van der Waals surface area contributed by atoms with Gasteiger partial charge >= 0.3 is 0 Å². The van der Waals surface area contributed by atoms with Gasteiger partial charge in [0.1, 0.15) is 0 Å². The van der Waals surface area contributed by atoms with Crippen LogP contribution in [-0.2, 0) is 0 Å². The minimum absolute atomic E-state index is 0.252. The van der Waals surface area contributed by atoms with E-state index in [2.05, 4.69) is 0 Å². The third-order valence-corrected chi connectivity index (χ3v) is 0.820. The van der Waals surface area contributed by atoms with Crippen molar-refractivity contribution in [3.8, 4) is 0 Å². The summed E-state index contributed by atoms with van der Waals surface area (Å²) in [5.41, 5.74) is 5.14. The molecule has 5 nitrogen and oxygen atoms in total. The average Bonchev–Trinajstić information content (AvgIpc) is 1.63. The molecule has 0 fully saturated rings. The molecule has 0 aromatic heterocycles. The Morgan fingerprint density at radius 3 is 2.11 bits per heavy atom. The van der Waals surface area contributed by atoms with E-state index in [1.165, 1.54) is 6.92 Å². The molecule has 0 saturated carbocycles. The van der Waals surface area contributed by atoms with Crippen LogP contribution in [0.3, 0.4) is 0 Å². The van der Waals surface area contributed by atoms with Crippen LogP contribution in [-0.4, -0.2) is 39.5 Å². The minimum atomic E-state index is -1.54. The summed E-state index contributed by atoms with van der Waals surface area (Å²) in [5, 5.41) is 25.9. The number of aliphatic hydroxyl groups is 2. The van der Waals surface area contributed by atoms with E-state index in [4.69, 9.17) is 21.2 Å². The van der Waals surface area contributed by atoms with Crippen molar-refractivity contribution in [1.29, 1.82) is 0 Å². The Hall–Kier alpha value is -0.200. The van der Waals surface area contributed by atoms with Crippen molar-refractivity contribution in [2.24, 2.45) is 5.73 Å². The van der Waals surface area contributed by atoms with Crippen molar-refractivity contribution in [3.63, 3.8) is 0 Å². The fourth-order valence-corrected chi connectivity index (χ4v) is 0.334. The van der Waals surface area contributed by atoms with Crippen LogP contribution < -0.4 is 5.73 Å². The molecule has 56 valence electrons. The highest BCUT2D eigenvalue weighted by Crippen LogP contribution is 1.87. The lowest BCUT2D eigenvalue weighted by atomic mass is 10.5. The van der Waals surface area contributed by atoms with Crippen LogP contribution in [0.4, 0.5) is 0 Å². The molecule has 0 aliphatic carbocycles. The monoisotopic (exact) mass is 136 g/mol. The van der Waals surface area contributed by atoms with Crippen molar-refractivity contribution >= 4 is 0 Å². The fourth-order valence-electron chi connectivity index (χ4n) is 0.334. The molecule has 0 aromatic carbocycles. The van der Waals surface area contributed by atoms with Gasteiger partial charge in [-0.25, -0.2) is 0 Å². The summed E-state index contributed by atoms with van der Waals surface area (Å²) < 4.78 is 0. The summed E-state index contributed by atoms with van der Waals surface area (Å²) in [4.78, 5) is 0. The summed E-state index contributed by atoms with van der Waals surface area (Å²) in [6, 6.07) is 0. The van der Waals surface area contributed by atoms with E-state index in [0.717, 1.165) is 0 Å². The maximum Gasteiger partial charge on any atom is 0.166 e. The molecule has 0 aromatic rings. The molecular weight excluding hydrogens is 124 g/mol. The van der Waals surface area contributed by atoms with E-state index in [1.807, 2.05) is 0 Å². The molecule has 0 bridgehead atoms. The summed E-state index contributed by atoms with van der Waals surface area (Å²) in [6.07, 6.45) is -2.12. The summed E-state index contributed by atoms with van der Waals surface area (Å²) >= 11 is 0. The number of nitrogens with zero attached hydrogens (tertiary/aromatic N) is 1. The maximum absolute atomic E-state index is 8.69. The summed E-state index contributed by atoms with van der Waals surface area (Å²) in [5.74, 6) is 0. The smallest absolute Gasteiger partial charge is 0.166 e. The van der Waals surface area contributed by atoms with Gasteiger partial charge in [0.15, 0.2) is 6.29 Å². The number of hydrogen-bond acceptors (Lipinski definition) is 5. The Labute approximate surface area is 53.3 Å². The number of hydrogen-bond donors (Lipinski definition) is 4. The van der Waals surface area contributed by atoms with Crippen molar-refractivity contribution in [3.05, 3.63) is 0 Å². The van der Waals surface area contributed by atoms with Crippen molar-refractivity contribution in [2.45, 2.75) is 19.4 Å². The van der Waals surface area contributed by atoms with E-state index < -0.39 is 12.5 Å². The molecule has 0 amide bonds. The number of hydroxylamine groups is 2. The third kappa shape index (κ3) is 4.31. The Kier molecular flexibility index (Phi) is 3.67. The first-order valence-electron chi connectivity index (χ1n) is 2.61. The molecule has 5 heteroatoms. The molecule has 0 rings (SSSR count). The first kappa shape index (κ1) is 8.80. The van der Waals surface area contributed by atoms with Gasteiger partial charge in [-0.15, -0.1) is 0 Å². The second-order valence-corrected chi connectivity index (χ2v) is 1.84. The summed E-state index contributed by atoms with van der Waals surface area (Å²) in [6.45, 7) is 1.28. The minimum Gasteiger partial charge on any atom is -0.367 e. The highest BCUT2D eigenvalue weighted by Gasteiger charge is 2.08. The van der Waals surface area contributed by atoms with E-state index >= 15 is 0 Å². The Morgan fingerprint density at radius 1 is 1.56 bits per heavy atom. The van der Waals surface area contributed by atoms with Gasteiger partial charge in [-0.3, -0.25) is 0 Å². The van der Waals surface area contributed by atoms with Crippen LogP contribution in [0.1, 0.15) is 6.92 Å². The SMILES string of the molecule is CC(N)N(O)CC(O)O. The normalized spacial score (nSPS) is 15.0. The quantitative estimate of drug-likeness (QED) is 0.274. The van der Waals surface area contributed by atoms with Gasteiger partial charge in [0.05, 0.1) is 12.7 Å². The van der Waals surface area contributed by atoms with Gasteiger partial charge in [-0.2, -0.15) is 5.06 Å². The molecule has 0 aliphatic rings. The second kappa shape index (κ2) is 3.76. The third-order valence-electron chi connectivity index (χ3n) is 0.820. The Bertz CT molecular complexity index is 76.2. The van der Waals surface area contributed by atoms with Crippen LogP contribution in [0.2, 0.25) is 0 Å². The largest absolute Gasteiger partial charge is 0.367 e. The average molecular weight is 136 g/mol. The van der Waals surface area contributed by atoms with Crippen LogP contribution in [0.25, 0.3) is 0 Å².